The Bertz CT molecular complexity index is 1140. The predicted molar refractivity (Wildman–Crippen MR) is 228 cm³/mol. The summed E-state index contributed by atoms with van der Waals surface area (Å²) in [5.41, 5.74) is 0. The zero-order chi connectivity index (χ0) is 39.4. The van der Waals surface area contributed by atoms with Gasteiger partial charge < -0.3 is 14.2 Å². The molecule has 1 atom stereocenters. The second-order valence-corrected chi connectivity index (χ2v) is 13.6. The van der Waals surface area contributed by atoms with Gasteiger partial charge in [-0.3, -0.25) is 14.4 Å². The normalized spacial score (nSPS) is 13.0. The molecule has 0 fully saturated rings. The molecular formula is C48H76O6. The minimum Gasteiger partial charge on any atom is -0.462 e. The van der Waals surface area contributed by atoms with Crippen molar-refractivity contribution in [3.8, 4) is 0 Å². The first kappa shape index (κ1) is 50.3. The summed E-state index contributed by atoms with van der Waals surface area (Å²) in [6, 6.07) is 0. The second-order valence-electron chi connectivity index (χ2n) is 13.6. The molecule has 0 amide bonds. The Labute approximate surface area is 330 Å². The van der Waals surface area contributed by atoms with Crippen LogP contribution in [0.1, 0.15) is 168 Å². The quantitative estimate of drug-likeness (QED) is 0.0209. The molecule has 0 rings (SSSR count). The van der Waals surface area contributed by atoms with Gasteiger partial charge >= 0.3 is 17.9 Å². The maximum Gasteiger partial charge on any atom is 0.306 e. The number of hydrogen-bond acceptors (Lipinski definition) is 6. The van der Waals surface area contributed by atoms with Gasteiger partial charge in [0.15, 0.2) is 6.10 Å². The monoisotopic (exact) mass is 749 g/mol. The zero-order valence-corrected chi connectivity index (χ0v) is 34.4. The Morgan fingerprint density at radius 1 is 0.407 bits per heavy atom. The largest absolute Gasteiger partial charge is 0.462 e. The molecule has 0 spiro atoms. The van der Waals surface area contributed by atoms with Gasteiger partial charge in [-0.05, 0) is 96.3 Å². The summed E-state index contributed by atoms with van der Waals surface area (Å²) in [7, 11) is 0. The molecule has 0 aliphatic heterocycles. The molecule has 0 aromatic rings. The number of carbonyl (C=O) groups excluding carboxylic acids is 3. The smallest absolute Gasteiger partial charge is 0.306 e. The van der Waals surface area contributed by atoms with Gasteiger partial charge in [0.1, 0.15) is 13.2 Å². The third-order valence-electron chi connectivity index (χ3n) is 8.40. The highest BCUT2D eigenvalue weighted by Crippen LogP contribution is 2.11. The number of unbranched alkanes of at least 4 members (excludes halogenated alkanes) is 12. The van der Waals surface area contributed by atoms with Gasteiger partial charge in [0.25, 0.3) is 0 Å². The molecule has 0 heterocycles. The van der Waals surface area contributed by atoms with E-state index < -0.39 is 6.10 Å². The van der Waals surface area contributed by atoms with Gasteiger partial charge in [-0.25, -0.2) is 0 Å². The highest BCUT2D eigenvalue weighted by atomic mass is 16.6. The first-order valence-electron chi connectivity index (χ1n) is 21.3. The van der Waals surface area contributed by atoms with Crippen LogP contribution in [0.25, 0.3) is 0 Å². The zero-order valence-electron chi connectivity index (χ0n) is 34.4. The summed E-state index contributed by atoms with van der Waals surface area (Å²) >= 11 is 0. The number of allylic oxidation sites excluding steroid dienone is 16. The molecule has 0 aliphatic rings. The summed E-state index contributed by atoms with van der Waals surface area (Å²) in [4.78, 5) is 37.5. The summed E-state index contributed by atoms with van der Waals surface area (Å²) < 4.78 is 16.5. The van der Waals surface area contributed by atoms with E-state index in [1.165, 1.54) is 19.3 Å². The van der Waals surface area contributed by atoms with Gasteiger partial charge in [0.05, 0.1) is 0 Å². The van der Waals surface area contributed by atoms with Crippen LogP contribution < -0.4 is 0 Å². The summed E-state index contributed by atoms with van der Waals surface area (Å²) in [6.07, 6.45) is 54.1. The van der Waals surface area contributed by atoms with E-state index in [1.807, 2.05) is 0 Å². The lowest BCUT2D eigenvalue weighted by Gasteiger charge is -2.18. The Morgan fingerprint density at radius 3 is 1.31 bits per heavy atom. The summed E-state index contributed by atoms with van der Waals surface area (Å²) in [5.74, 6) is -1.03. The average Bonchev–Trinajstić information content (AvgIpc) is 3.17. The molecule has 304 valence electrons. The third kappa shape index (κ3) is 39.5. The predicted octanol–water partition coefficient (Wildman–Crippen LogP) is 13.5. The van der Waals surface area contributed by atoms with Crippen LogP contribution in [0, 0.1) is 0 Å². The van der Waals surface area contributed by atoms with Crippen molar-refractivity contribution in [1.29, 1.82) is 0 Å². The fourth-order valence-corrected chi connectivity index (χ4v) is 5.23. The standard InChI is InChI=1S/C48H76O6/c1-4-7-10-13-16-19-20-21-22-23-24-25-26-27-30-32-35-38-41-47(50)53-44-45(54-48(51)42-39-36-33-29-18-15-12-9-6-3)43-52-46(49)40-37-34-31-28-17-14-11-8-5-2/h8-9,11-12,16-25,28-29,45H,4-7,10,13-15,26-27,30-44H2,1-3H3/b11-8-,12-9-,19-16-,21-20-,23-22-,25-24-,28-17-,29-18-. The van der Waals surface area contributed by atoms with Crippen LogP contribution in [0.2, 0.25) is 0 Å². The van der Waals surface area contributed by atoms with Gasteiger partial charge in [0, 0.05) is 19.3 Å². The number of rotatable bonds is 36. The molecule has 6 nitrogen and oxygen atoms in total. The molecule has 0 saturated heterocycles. The molecule has 54 heavy (non-hydrogen) atoms. The topological polar surface area (TPSA) is 78.9 Å². The van der Waals surface area contributed by atoms with E-state index in [0.29, 0.717) is 19.3 Å². The minimum absolute atomic E-state index is 0.116. The highest BCUT2D eigenvalue weighted by molar-refractivity contribution is 5.71. The third-order valence-corrected chi connectivity index (χ3v) is 8.40. The maximum atomic E-state index is 12.6. The van der Waals surface area contributed by atoms with Crippen molar-refractivity contribution < 1.29 is 28.6 Å². The molecule has 0 radical (unpaired) electrons. The SMILES string of the molecule is CC/C=C\C/C=C\CCCCC(=O)OCC(COC(=O)CCCCCCC\C=C/C=C\C=C/C=C\CCCCC)OC(=O)CCCC/C=C\C/C=C\CC. The molecule has 0 saturated carbocycles. The van der Waals surface area contributed by atoms with Crippen molar-refractivity contribution >= 4 is 17.9 Å². The molecule has 6 heteroatoms. The number of hydrogen-bond donors (Lipinski definition) is 0. The van der Waals surface area contributed by atoms with E-state index in [4.69, 9.17) is 14.2 Å². The molecular weight excluding hydrogens is 673 g/mol. The molecule has 0 aromatic heterocycles. The first-order valence-corrected chi connectivity index (χ1v) is 21.3. The first-order chi connectivity index (χ1) is 26.5. The van der Waals surface area contributed by atoms with Crippen LogP contribution in [-0.2, 0) is 28.6 Å². The lowest BCUT2D eigenvalue weighted by atomic mass is 10.1. The van der Waals surface area contributed by atoms with Crippen LogP contribution in [-0.4, -0.2) is 37.2 Å². The summed E-state index contributed by atoms with van der Waals surface area (Å²) in [5, 5.41) is 0. The number of carbonyl (C=O) groups is 3. The van der Waals surface area contributed by atoms with Crippen LogP contribution in [0.3, 0.4) is 0 Å². The van der Waals surface area contributed by atoms with Crippen molar-refractivity contribution in [1.82, 2.24) is 0 Å². The van der Waals surface area contributed by atoms with Gasteiger partial charge in [-0.1, -0.05) is 150 Å². The molecule has 0 aromatic carbocycles. The fraction of sp³-hybridized carbons (Fsp3) is 0.604. The summed E-state index contributed by atoms with van der Waals surface area (Å²) in [6.45, 7) is 6.22. The van der Waals surface area contributed by atoms with E-state index in [2.05, 4.69) is 118 Å². The van der Waals surface area contributed by atoms with Crippen LogP contribution in [0.5, 0.6) is 0 Å². The van der Waals surface area contributed by atoms with Crippen molar-refractivity contribution in [2.75, 3.05) is 13.2 Å². The number of ether oxygens (including phenoxy) is 3. The van der Waals surface area contributed by atoms with E-state index in [-0.39, 0.29) is 37.5 Å². The van der Waals surface area contributed by atoms with Crippen molar-refractivity contribution in [3.63, 3.8) is 0 Å². The van der Waals surface area contributed by atoms with Gasteiger partial charge in [-0.2, -0.15) is 0 Å². The average molecular weight is 749 g/mol. The Hall–Kier alpha value is -3.67. The number of esters is 3. The minimum atomic E-state index is -0.814. The van der Waals surface area contributed by atoms with Gasteiger partial charge in [0.2, 0.25) is 0 Å². The highest BCUT2D eigenvalue weighted by Gasteiger charge is 2.19. The van der Waals surface area contributed by atoms with Crippen molar-refractivity contribution in [2.24, 2.45) is 0 Å². The fourth-order valence-electron chi connectivity index (χ4n) is 5.23. The van der Waals surface area contributed by atoms with E-state index in [9.17, 15) is 14.4 Å². The maximum absolute atomic E-state index is 12.6. The Balaban J connectivity index is 4.44. The van der Waals surface area contributed by atoms with E-state index >= 15 is 0 Å². The molecule has 0 N–H and O–H groups in total. The lowest BCUT2D eigenvalue weighted by molar-refractivity contribution is -0.167. The van der Waals surface area contributed by atoms with Crippen LogP contribution in [0.15, 0.2) is 97.2 Å². The van der Waals surface area contributed by atoms with Gasteiger partial charge in [-0.15, -0.1) is 0 Å². The van der Waals surface area contributed by atoms with Crippen LogP contribution >= 0.6 is 0 Å². The van der Waals surface area contributed by atoms with Crippen LogP contribution in [0.4, 0.5) is 0 Å². The van der Waals surface area contributed by atoms with Crippen molar-refractivity contribution in [2.45, 2.75) is 175 Å². The Morgan fingerprint density at radius 2 is 0.796 bits per heavy atom. The van der Waals surface area contributed by atoms with E-state index in [1.54, 1.807) is 0 Å². The van der Waals surface area contributed by atoms with E-state index in [0.717, 1.165) is 103 Å². The Kier molecular flexibility index (Phi) is 39.2. The van der Waals surface area contributed by atoms with Crippen molar-refractivity contribution in [3.05, 3.63) is 97.2 Å². The molecule has 0 bridgehead atoms. The lowest BCUT2D eigenvalue weighted by Crippen LogP contribution is -2.30. The second kappa shape index (κ2) is 42.1. The molecule has 1 unspecified atom stereocenters. The molecule has 0 aliphatic carbocycles.